The number of hydrogen-bond acceptors (Lipinski definition) is 13. The van der Waals surface area contributed by atoms with E-state index in [0.717, 1.165) is 55.7 Å². The van der Waals surface area contributed by atoms with E-state index in [1.54, 1.807) is 10.9 Å². The van der Waals surface area contributed by atoms with Crippen LogP contribution in [0, 0.1) is 11.6 Å². The van der Waals surface area contributed by atoms with Gasteiger partial charge in [-0.1, -0.05) is 6.92 Å². The number of aromatic nitrogens is 6. The Morgan fingerprint density at radius 1 is 0.881 bits per heavy atom. The molecule has 3 aromatic carbocycles. The highest BCUT2D eigenvalue weighted by atomic mass is 19.1. The minimum atomic E-state index is -2.27. The average molecular weight is 823 g/mol. The lowest BCUT2D eigenvalue weighted by Crippen LogP contribution is -2.46. The molecule has 59 heavy (non-hydrogen) atoms. The van der Waals surface area contributed by atoms with Gasteiger partial charge in [-0.15, -0.1) is 0 Å². The first-order valence-electron chi connectivity index (χ1n) is 18.7. The van der Waals surface area contributed by atoms with Crippen LogP contribution in [-0.4, -0.2) is 119 Å². The van der Waals surface area contributed by atoms with Crippen LogP contribution in [0.5, 0.6) is 5.75 Å². The van der Waals surface area contributed by atoms with E-state index in [4.69, 9.17) is 34.6 Å². The standard InChI is InChI=1S/C35H38F2N8O4.C4H6O6/c1-3-25(2)45-34(46)44(24-40-45)29-7-5-27(6-8-29)41-14-16-42(17-15-41)28-9-11-30(12-10-28)47-19-31-20-48-35(49-31,21-43-23-38-22-39-43)32-13-4-26(36)18-33(32)37;5-1(3(7)8)2(6)4(9)10/h4-13,18,22-25,31H,3,14-17,19-21H2,1-2H3;1-2,5-6H,(H,7,8)(H,9,10)/t25-,31-,35-;/m0./s1. The van der Waals surface area contributed by atoms with Crippen LogP contribution in [-0.2, 0) is 31.4 Å². The Labute approximate surface area is 336 Å². The Morgan fingerprint density at radius 2 is 1.47 bits per heavy atom. The summed E-state index contributed by atoms with van der Waals surface area (Å²) in [6, 6.07) is 19.3. The van der Waals surface area contributed by atoms with E-state index in [-0.39, 0.29) is 37.1 Å². The molecule has 2 aliphatic rings. The SMILES string of the molecule is CC[C@H](C)n1ncn(-c2ccc(N3CCN(c4ccc(OC[C@H]5CO[C@](Cn6cncn6)(c6ccc(F)cc6F)O5)cc4)CC3)cc2)c1=O.O=C(O)C(O)C(O)C(=O)O. The highest BCUT2D eigenvalue weighted by Gasteiger charge is 2.46. The van der Waals surface area contributed by atoms with Crippen molar-refractivity contribution in [2.45, 2.75) is 57.0 Å². The molecule has 20 heteroatoms. The summed E-state index contributed by atoms with van der Waals surface area (Å²) in [5.41, 5.74) is 2.95. The molecular formula is C39H44F2N8O10. The summed E-state index contributed by atoms with van der Waals surface area (Å²) in [6.45, 7) is 7.80. The molecule has 2 unspecified atom stereocenters. The minimum Gasteiger partial charge on any atom is -0.491 e. The maximum Gasteiger partial charge on any atom is 0.350 e. The highest BCUT2D eigenvalue weighted by molar-refractivity contribution is 5.83. The number of aliphatic hydroxyl groups excluding tert-OH is 2. The van der Waals surface area contributed by atoms with E-state index in [0.29, 0.717) is 5.75 Å². The molecule has 2 aromatic heterocycles. The Bertz CT molecular complexity index is 2210. The summed E-state index contributed by atoms with van der Waals surface area (Å²) < 4.78 is 51.4. The van der Waals surface area contributed by atoms with Crippen LogP contribution < -0.4 is 20.2 Å². The normalized spacial score (nSPS) is 19.4. The van der Waals surface area contributed by atoms with Crippen molar-refractivity contribution in [1.82, 2.24) is 29.1 Å². The summed E-state index contributed by atoms with van der Waals surface area (Å²) in [4.78, 5) is 41.0. The third-order valence-electron chi connectivity index (χ3n) is 9.96. The molecule has 2 fully saturated rings. The fraction of sp³-hybridized carbons (Fsp3) is 0.385. The van der Waals surface area contributed by atoms with Gasteiger partial charge in [0, 0.05) is 49.2 Å². The van der Waals surface area contributed by atoms with Gasteiger partial charge in [0.1, 0.15) is 55.6 Å². The van der Waals surface area contributed by atoms with Crippen molar-refractivity contribution in [3.8, 4) is 11.4 Å². The molecule has 18 nitrogen and oxygen atoms in total. The maximum absolute atomic E-state index is 14.9. The zero-order valence-electron chi connectivity index (χ0n) is 32.1. The monoisotopic (exact) mass is 822 g/mol. The van der Waals surface area contributed by atoms with Crippen LogP contribution in [0.1, 0.15) is 31.9 Å². The Kier molecular flexibility index (Phi) is 13.3. The molecule has 0 spiro atoms. The van der Waals surface area contributed by atoms with Gasteiger partial charge in [-0.05, 0) is 74.0 Å². The van der Waals surface area contributed by atoms with E-state index >= 15 is 0 Å². The molecule has 5 atom stereocenters. The first-order chi connectivity index (χ1) is 28.3. The van der Waals surface area contributed by atoms with Crippen LogP contribution in [0.3, 0.4) is 0 Å². The number of aliphatic hydroxyl groups is 2. The predicted octanol–water partition coefficient (Wildman–Crippen LogP) is 2.43. The van der Waals surface area contributed by atoms with Crippen molar-refractivity contribution in [3.63, 3.8) is 0 Å². The molecule has 0 aliphatic carbocycles. The largest absolute Gasteiger partial charge is 0.491 e. The Morgan fingerprint density at radius 3 is 2.02 bits per heavy atom. The van der Waals surface area contributed by atoms with Crippen molar-refractivity contribution in [3.05, 3.63) is 113 Å². The number of carboxylic acids is 2. The third kappa shape index (κ3) is 9.91. The van der Waals surface area contributed by atoms with Crippen LogP contribution in [0.15, 0.2) is 90.5 Å². The number of benzene rings is 3. The summed E-state index contributed by atoms with van der Waals surface area (Å²) in [7, 11) is 0. The van der Waals surface area contributed by atoms with Crippen LogP contribution >= 0.6 is 0 Å². The molecule has 0 bridgehead atoms. The average Bonchev–Trinajstić information content (AvgIpc) is 4.01. The quantitative estimate of drug-likeness (QED) is 0.126. The smallest absolute Gasteiger partial charge is 0.350 e. The molecular weight excluding hydrogens is 778 g/mol. The maximum atomic E-state index is 14.9. The topological polar surface area (TPSA) is 220 Å². The second-order valence-electron chi connectivity index (χ2n) is 13.9. The number of nitrogens with zero attached hydrogens (tertiary/aromatic N) is 8. The lowest BCUT2D eigenvalue weighted by Gasteiger charge is -2.37. The van der Waals surface area contributed by atoms with Crippen molar-refractivity contribution in [2.75, 3.05) is 49.2 Å². The number of halogens is 2. The minimum absolute atomic E-state index is 0.0334. The van der Waals surface area contributed by atoms with Crippen LogP contribution in [0.2, 0.25) is 0 Å². The highest BCUT2D eigenvalue weighted by Crippen LogP contribution is 2.38. The fourth-order valence-corrected chi connectivity index (χ4v) is 6.51. The number of hydrogen-bond donors (Lipinski definition) is 4. The molecule has 0 amide bonds. The van der Waals surface area contributed by atoms with E-state index in [1.165, 1.54) is 34.2 Å². The third-order valence-corrected chi connectivity index (χ3v) is 9.96. The Balaban J connectivity index is 0.000000520. The Hall–Kier alpha value is -6.22. The van der Waals surface area contributed by atoms with E-state index in [9.17, 15) is 23.2 Å². The summed E-state index contributed by atoms with van der Waals surface area (Å²) in [5.74, 6) is -5.83. The fourth-order valence-electron chi connectivity index (χ4n) is 6.51. The molecule has 2 saturated heterocycles. The summed E-state index contributed by atoms with van der Waals surface area (Å²) in [5, 5.41) is 40.9. The second-order valence-corrected chi connectivity index (χ2v) is 13.9. The van der Waals surface area contributed by atoms with Gasteiger partial charge in [-0.3, -0.25) is 0 Å². The van der Waals surface area contributed by atoms with Crippen molar-refractivity contribution in [1.29, 1.82) is 0 Å². The van der Waals surface area contributed by atoms with E-state index in [2.05, 4.69) is 37.1 Å². The van der Waals surface area contributed by atoms with E-state index < -0.39 is 47.7 Å². The van der Waals surface area contributed by atoms with Crippen molar-refractivity contribution in [2.24, 2.45) is 0 Å². The number of aliphatic carboxylic acids is 2. The zero-order valence-corrected chi connectivity index (χ0v) is 32.1. The van der Waals surface area contributed by atoms with Crippen molar-refractivity contribution >= 4 is 23.3 Å². The van der Waals surface area contributed by atoms with Gasteiger partial charge in [0.05, 0.1) is 18.3 Å². The molecule has 0 radical (unpaired) electrons. The van der Waals surface area contributed by atoms with Gasteiger partial charge in [0.15, 0.2) is 12.2 Å². The predicted molar refractivity (Wildman–Crippen MR) is 205 cm³/mol. The van der Waals surface area contributed by atoms with Gasteiger partial charge < -0.3 is 44.4 Å². The molecule has 314 valence electrons. The van der Waals surface area contributed by atoms with Crippen molar-refractivity contribution < 1.29 is 53.0 Å². The summed E-state index contributed by atoms with van der Waals surface area (Å²) >= 11 is 0. The first-order valence-corrected chi connectivity index (χ1v) is 18.7. The molecule has 7 rings (SSSR count). The molecule has 4 heterocycles. The number of rotatable bonds is 14. The zero-order chi connectivity index (χ0) is 42.3. The molecule has 0 saturated carbocycles. The number of piperazine rings is 1. The first kappa shape index (κ1) is 42.4. The van der Waals surface area contributed by atoms with Crippen LogP contribution in [0.25, 0.3) is 5.69 Å². The number of carbonyl (C=O) groups is 2. The van der Waals surface area contributed by atoms with Gasteiger partial charge in [0.2, 0.25) is 5.79 Å². The lowest BCUT2D eigenvalue weighted by atomic mass is 10.0. The summed E-state index contributed by atoms with van der Waals surface area (Å²) in [6.07, 6.45) is 0.233. The van der Waals surface area contributed by atoms with Gasteiger partial charge in [0.25, 0.3) is 0 Å². The number of anilines is 2. The van der Waals surface area contributed by atoms with Gasteiger partial charge >= 0.3 is 17.6 Å². The number of ether oxygens (including phenoxy) is 3. The molecule has 5 aromatic rings. The lowest BCUT2D eigenvalue weighted by molar-refractivity contribution is -0.192. The molecule has 4 N–H and O–H groups in total. The molecule has 2 aliphatic heterocycles. The van der Waals surface area contributed by atoms with E-state index in [1.807, 2.05) is 50.2 Å². The van der Waals surface area contributed by atoms with Gasteiger partial charge in [-0.25, -0.2) is 42.1 Å². The second kappa shape index (κ2) is 18.6. The van der Waals surface area contributed by atoms with Gasteiger partial charge in [-0.2, -0.15) is 10.2 Å². The number of carboxylic acid groups (broad SMARTS) is 2. The van der Waals surface area contributed by atoms with Crippen LogP contribution in [0.4, 0.5) is 20.2 Å².